The van der Waals surface area contributed by atoms with Gasteiger partial charge < -0.3 is 14.4 Å². The number of ether oxygens (including phenoxy) is 2. The van der Waals surface area contributed by atoms with Gasteiger partial charge >= 0.3 is 12.1 Å². The zero-order valence-electron chi connectivity index (χ0n) is 11.9. The number of carbonyl (C=O) groups excluding carboxylic acids is 3. The standard InChI is InChI=1S/C13H21NO5/c1-5-18-11(16)10(15)6-9-7-14(8-9)12(17)19-13(2,3)4/h9H,5-8H2,1-4H3. The molecule has 1 saturated heterocycles. The Labute approximate surface area is 113 Å². The Kier molecular flexibility index (Phi) is 4.91. The van der Waals surface area contributed by atoms with Gasteiger partial charge in [-0.1, -0.05) is 0 Å². The maximum Gasteiger partial charge on any atom is 0.410 e. The molecule has 6 nitrogen and oxygen atoms in total. The fourth-order valence-electron chi connectivity index (χ4n) is 1.73. The second kappa shape index (κ2) is 6.04. The van der Waals surface area contributed by atoms with E-state index in [1.807, 2.05) is 0 Å². The van der Waals surface area contributed by atoms with E-state index in [4.69, 9.17) is 4.74 Å². The minimum Gasteiger partial charge on any atom is -0.460 e. The molecule has 1 aliphatic heterocycles. The van der Waals surface area contributed by atoms with Gasteiger partial charge in [-0.15, -0.1) is 0 Å². The molecule has 1 aliphatic rings. The van der Waals surface area contributed by atoms with Gasteiger partial charge in [-0.25, -0.2) is 9.59 Å². The van der Waals surface area contributed by atoms with Gasteiger partial charge in [0, 0.05) is 25.4 Å². The Hall–Kier alpha value is -1.59. The lowest BCUT2D eigenvalue weighted by molar-refractivity contribution is -0.154. The molecule has 1 fully saturated rings. The normalized spacial score (nSPS) is 15.7. The molecule has 0 aromatic rings. The largest absolute Gasteiger partial charge is 0.460 e. The van der Waals surface area contributed by atoms with Crippen molar-refractivity contribution >= 4 is 17.8 Å². The van der Waals surface area contributed by atoms with Crippen LogP contribution in [0.5, 0.6) is 0 Å². The van der Waals surface area contributed by atoms with Gasteiger partial charge in [0.15, 0.2) is 0 Å². The quantitative estimate of drug-likeness (QED) is 0.570. The first-order valence-corrected chi connectivity index (χ1v) is 6.40. The van der Waals surface area contributed by atoms with E-state index in [9.17, 15) is 14.4 Å². The minimum absolute atomic E-state index is 0.0180. The SMILES string of the molecule is CCOC(=O)C(=O)CC1CN(C(=O)OC(C)(C)C)C1. The summed E-state index contributed by atoms with van der Waals surface area (Å²) in [6, 6.07) is 0. The van der Waals surface area contributed by atoms with E-state index in [0.29, 0.717) is 13.1 Å². The Balaban J connectivity index is 2.29. The van der Waals surface area contributed by atoms with Crippen LogP contribution < -0.4 is 0 Å². The number of rotatable bonds is 4. The second-order valence-corrected chi connectivity index (χ2v) is 5.60. The number of Topliss-reactive ketones (excluding diaryl/α,β-unsaturated/α-hetero) is 1. The lowest BCUT2D eigenvalue weighted by Crippen LogP contribution is -2.52. The van der Waals surface area contributed by atoms with Gasteiger partial charge in [-0.05, 0) is 27.7 Å². The molecular formula is C13H21NO5. The second-order valence-electron chi connectivity index (χ2n) is 5.60. The highest BCUT2D eigenvalue weighted by Crippen LogP contribution is 2.22. The zero-order valence-corrected chi connectivity index (χ0v) is 11.9. The van der Waals surface area contributed by atoms with E-state index in [1.54, 1.807) is 27.7 Å². The third kappa shape index (κ3) is 4.89. The number of hydrogen-bond donors (Lipinski definition) is 0. The van der Waals surface area contributed by atoms with E-state index in [0.717, 1.165) is 0 Å². The Morgan fingerprint density at radius 3 is 2.26 bits per heavy atom. The average Bonchev–Trinajstić information content (AvgIpc) is 2.19. The van der Waals surface area contributed by atoms with Crippen LogP contribution in [0.4, 0.5) is 4.79 Å². The molecule has 0 radical (unpaired) electrons. The van der Waals surface area contributed by atoms with Crippen LogP contribution >= 0.6 is 0 Å². The van der Waals surface area contributed by atoms with Crippen molar-refractivity contribution in [2.45, 2.75) is 39.7 Å². The van der Waals surface area contributed by atoms with Crippen LogP contribution in [0.2, 0.25) is 0 Å². The molecule has 0 unspecified atom stereocenters. The number of carbonyl (C=O) groups is 3. The van der Waals surface area contributed by atoms with Crippen molar-refractivity contribution in [2.24, 2.45) is 5.92 Å². The molecule has 0 N–H and O–H groups in total. The van der Waals surface area contributed by atoms with Crippen molar-refractivity contribution in [1.82, 2.24) is 4.90 Å². The van der Waals surface area contributed by atoms with Gasteiger partial charge in [0.1, 0.15) is 5.60 Å². The third-order valence-electron chi connectivity index (χ3n) is 2.59. The van der Waals surface area contributed by atoms with Gasteiger partial charge in [-0.2, -0.15) is 0 Å². The molecule has 6 heteroatoms. The van der Waals surface area contributed by atoms with E-state index in [2.05, 4.69) is 4.74 Å². The van der Waals surface area contributed by atoms with Gasteiger partial charge in [-0.3, -0.25) is 4.79 Å². The Morgan fingerprint density at radius 1 is 1.21 bits per heavy atom. The third-order valence-corrected chi connectivity index (χ3v) is 2.59. The lowest BCUT2D eigenvalue weighted by atomic mass is 9.94. The first-order valence-electron chi connectivity index (χ1n) is 6.40. The zero-order chi connectivity index (χ0) is 14.6. The highest BCUT2D eigenvalue weighted by atomic mass is 16.6. The van der Waals surface area contributed by atoms with Crippen molar-refractivity contribution in [2.75, 3.05) is 19.7 Å². The number of hydrogen-bond acceptors (Lipinski definition) is 5. The molecule has 0 aliphatic carbocycles. The summed E-state index contributed by atoms with van der Waals surface area (Å²) in [5, 5.41) is 0. The molecule has 0 bridgehead atoms. The smallest absolute Gasteiger partial charge is 0.410 e. The van der Waals surface area contributed by atoms with E-state index in [1.165, 1.54) is 4.90 Å². The predicted molar refractivity (Wildman–Crippen MR) is 67.6 cm³/mol. The summed E-state index contributed by atoms with van der Waals surface area (Å²) in [7, 11) is 0. The number of esters is 1. The molecular weight excluding hydrogens is 250 g/mol. The van der Waals surface area contributed by atoms with Crippen LogP contribution in [0, 0.1) is 5.92 Å². The van der Waals surface area contributed by atoms with Crippen molar-refractivity contribution in [3.05, 3.63) is 0 Å². The predicted octanol–water partition coefficient (Wildman–Crippen LogP) is 1.38. The fourth-order valence-corrected chi connectivity index (χ4v) is 1.73. The highest BCUT2D eigenvalue weighted by Gasteiger charge is 2.35. The molecule has 19 heavy (non-hydrogen) atoms. The summed E-state index contributed by atoms with van der Waals surface area (Å²) in [6.07, 6.45) is -0.259. The molecule has 1 amide bonds. The molecule has 108 valence electrons. The number of likely N-dealkylation sites (tertiary alicyclic amines) is 1. The summed E-state index contributed by atoms with van der Waals surface area (Å²) in [6.45, 7) is 8.13. The van der Waals surface area contributed by atoms with Crippen LogP contribution in [0.25, 0.3) is 0 Å². The van der Waals surface area contributed by atoms with Crippen molar-refractivity contribution < 1.29 is 23.9 Å². The first-order chi connectivity index (χ1) is 8.73. The molecule has 0 aromatic carbocycles. The maximum atomic E-state index is 11.6. The highest BCUT2D eigenvalue weighted by molar-refractivity contribution is 6.33. The fraction of sp³-hybridized carbons (Fsp3) is 0.769. The maximum absolute atomic E-state index is 11.6. The van der Waals surface area contributed by atoms with Crippen LogP contribution in [-0.2, 0) is 19.1 Å². The van der Waals surface area contributed by atoms with Gasteiger partial charge in [0.25, 0.3) is 0 Å². The van der Waals surface area contributed by atoms with Gasteiger partial charge in [0.2, 0.25) is 5.78 Å². The van der Waals surface area contributed by atoms with Crippen molar-refractivity contribution in [3.63, 3.8) is 0 Å². The monoisotopic (exact) mass is 271 g/mol. The summed E-state index contributed by atoms with van der Waals surface area (Å²) >= 11 is 0. The van der Waals surface area contributed by atoms with Crippen molar-refractivity contribution in [1.29, 1.82) is 0 Å². The van der Waals surface area contributed by atoms with Crippen LogP contribution in [0.1, 0.15) is 34.1 Å². The first kappa shape index (κ1) is 15.5. The molecule has 0 spiro atoms. The van der Waals surface area contributed by atoms with E-state index < -0.39 is 17.4 Å². The Morgan fingerprint density at radius 2 is 1.79 bits per heavy atom. The summed E-state index contributed by atoms with van der Waals surface area (Å²) in [5.74, 6) is -1.31. The minimum atomic E-state index is -0.793. The number of amides is 1. The van der Waals surface area contributed by atoms with Gasteiger partial charge in [0.05, 0.1) is 6.61 Å². The molecule has 0 saturated carbocycles. The van der Waals surface area contributed by atoms with Crippen LogP contribution in [0.3, 0.4) is 0 Å². The van der Waals surface area contributed by atoms with Crippen LogP contribution in [-0.4, -0.2) is 48.0 Å². The summed E-state index contributed by atoms with van der Waals surface area (Å²) in [5.41, 5.74) is -0.525. The van der Waals surface area contributed by atoms with E-state index in [-0.39, 0.29) is 25.0 Å². The molecule has 1 rings (SSSR count). The van der Waals surface area contributed by atoms with Crippen molar-refractivity contribution in [3.8, 4) is 0 Å². The lowest BCUT2D eigenvalue weighted by Gasteiger charge is -2.39. The number of nitrogens with zero attached hydrogens (tertiary/aromatic N) is 1. The summed E-state index contributed by atoms with van der Waals surface area (Å²) < 4.78 is 9.81. The van der Waals surface area contributed by atoms with E-state index >= 15 is 0 Å². The summed E-state index contributed by atoms with van der Waals surface area (Å²) in [4.78, 5) is 35.7. The average molecular weight is 271 g/mol. The molecule has 1 heterocycles. The van der Waals surface area contributed by atoms with Crippen LogP contribution in [0.15, 0.2) is 0 Å². The topological polar surface area (TPSA) is 72.9 Å². The molecule has 0 aromatic heterocycles. The molecule has 0 atom stereocenters. The number of ketones is 1. The Bertz CT molecular complexity index is 366.